The van der Waals surface area contributed by atoms with Crippen molar-refractivity contribution in [2.45, 2.75) is 18.4 Å². The van der Waals surface area contributed by atoms with Crippen LogP contribution < -0.4 is 11.3 Å². The molecular formula is C11H14N4S2. The van der Waals surface area contributed by atoms with Gasteiger partial charge >= 0.3 is 0 Å². The van der Waals surface area contributed by atoms with Crippen LogP contribution >= 0.6 is 23.1 Å². The van der Waals surface area contributed by atoms with Crippen LogP contribution in [0.2, 0.25) is 0 Å². The third kappa shape index (κ3) is 3.69. The van der Waals surface area contributed by atoms with E-state index in [0.717, 1.165) is 16.5 Å². The molecule has 0 aliphatic rings. The van der Waals surface area contributed by atoms with Crippen LogP contribution in [0.3, 0.4) is 0 Å². The van der Waals surface area contributed by atoms with Gasteiger partial charge in [-0.25, -0.2) is 5.84 Å². The molecule has 0 spiro atoms. The summed E-state index contributed by atoms with van der Waals surface area (Å²) in [5, 5.41) is 9.59. The minimum absolute atomic E-state index is 0.663. The van der Waals surface area contributed by atoms with Gasteiger partial charge in [0.05, 0.1) is 0 Å². The zero-order valence-electron chi connectivity index (χ0n) is 9.51. The van der Waals surface area contributed by atoms with Gasteiger partial charge < -0.3 is 0 Å². The number of benzene rings is 1. The molecule has 4 nitrogen and oxygen atoms in total. The summed E-state index contributed by atoms with van der Waals surface area (Å²) < 4.78 is 0. The van der Waals surface area contributed by atoms with Crippen LogP contribution in [-0.4, -0.2) is 10.2 Å². The SMILES string of the molecule is Cc1cccc(CSCc2nnc(NN)s2)c1. The topological polar surface area (TPSA) is 63.8 Å². The van der Waals surface area contributed by atoms with Crippen molar-refractivity contribution in [2.75, 3.05) is 5.43 Å². The van der Waals surface area contributed by atoms with E-state index in [2.05, 4.69) is 46.8 Å². The number of nitrogens with two attached hydrogens (primary N) is 1. The van der Waals surface area contributed by atoms with Gasteiger partial charge in [0.25, 0.3) is 0 Å². The summed E-state index contributed by atoms with van der Waals surface area (Å²) in [5.74, 6) is 7.11. The van der Waals surface area contributed by atoms with Gasteiger partial charge in [0.1, 0.15) is 5.01 Å². The second-order valence-electron chi connectivity index (χ2n) is 3.63. The fourth-order valence-corrected chi connectivity index (χ4v) is 3.11. The molecule has 0 atom stereocenters. The third-order valence-corrected chi connectivity index (χ3v) is 4.22. The van der Waals surface area contributed by atoms with Crippen molar-refractivity contribution in [3.05, 3.63) is 40.4 Å². The zero-order chi connectivity index (χ0) is 12.1. The molecule has 0 saturated carbocycles. The Morgan fingerprint density at radius 3 is 2.94 bits per heavy atom. The lowest BCUT2D eigenvalue weighted by atomic mass is 10.2. The van der Waals surface area contributed by atoms with Gasteiger partial charge in [-0.3, -0.25) is 5.43 Å². The molecule has 0 fully saturated rings. The van der Waals surface area contributed by atoms with Crippen molar-refractivity contribution in [3.8, 4) is 0 Å². The molecule has 2 aromatic rings. The van der Waals surface area contributed by atoms with E-state index in [1.54, 1.807) is 0 Å². The van der Waals surface area contributed by atoms with E-state index >= 15 is 0 Å². The van der Waals surface area contributed by atoms with Gasteiger partial charge in [0.15, 0.2) is 0 Å². The van der Waals surface area contributed by atoms with Crippen molar-refractivity contribution in [1.82, 2.24) is 10.2 Å². The lowest BCUT2D eigenvalue weighted by Crippen LogP contribution is -2.05. The van der Waals surface area contributed by atoms with Crippen molar-refractivity contribution in [1.29, 1.82) is 0 Å². The van der Waals surface area contributed by atoms with Crippen LogP contribution in [0.1, 0.15) is 16.1 Å². The number of hydrogen-bond acceptors (Lipinski definition) is 6. The molecule has 0 radical (unpaired) electrons. The number of nitrogens with zero attached hydrogens (tertiary/aromatic N) is 2. The summed E-state index contributed by atoms with van der Waals surface area (Å²) in [5.41, 5.74) is 5.14. The number of nitrogens with one attached hydrogen (secondary N) is 1. The predicted molar refractivity (Wildman–Crippen MR) is 73.9 cm³/mol. The quantitative estimate of drug-likeness (QED) is 0.643. The first-order chi connectivity index (χ1) is 8.28. The summed E-state index contributed by atoms with van der Waals surface area (Å²) in [4.78, 5) is 0. The largest absolute Gasteiger partial charge is 0.298 e. The maximum absolute atomic E-state index is 5.25. The van der Waals surface area contributed by atoms with Crippen LogP contribution in [0.15, 0.2) is 24.3 Å². The van der Waals surface area contributed by atoms with Crippen LogP contribution in [0.5, 0.6) is 0 Å². The average molecular weight is 266 g/mol. The van der Waals surface area contributed by atoms with E-state index in [0.29, 0.717) is 5.13 Å². The minimum Gasteiger partial charge on any atom is -0.298 e. The third-order valence-electron chi connectivity index (χ3n) is 2.17. The Labute approximate surface area is 109 Å². The molecule has 17 heavy (non-hydrogen) atoms. The highest BCUT2D eigenvalue weighted by Crippen LogP contribution is 2.22. The molecule has 6 heteroatoms. The Morgan fingerprint density at radius 2 is 2.24 bits per heavy atom. The molecule has 0 aliphatic heterocycles. The van der Waals surface area contributed by atoms with Crippen LogP contribution in [-0.2, 0) is 11.5 Å². The molecule has 0 bridgehead atoms. The lowest BCUT2D eigenvalue weighted by molar-refractivity contribution is 1.03. The van der Waals surface area contributed by atoms with Crippen LogP contribution in [0.25, 0.3) is 0 Å². The van der Waals surface area contributed by atoms with E-state index in [4.69, 9.17) is 5.84 Å². The summed E-state index contributed by atoms with van der Waals surface area (Å²) in [6.07, 6.45) is 0. The molecular weight excluding hydrogens is 252 g/mol. The van der Waals surface area contributed by atoms with Crippen molar-refractivity contribution in [2.24, 2.45) is 5.84 Å². The fourth-order valence-electron chi connectivity index (χ4n) is 1.43. The number of rotatable bonds is 5. The summed E-state index contributed by atoms with van der Waals surface area (Å²) in [7, 11) is 0. The maximum atomic E-state index is 5.25. The second kappa shape index (κ2) is 6.00. The van der Waals surface area contributed by atoms with E-state index in [9.17, 15) is 0 Å². The zero-order valence-corrected chi connectivity index (χ0v) is 11.1. The number of aromatic nitrogens is 2. The Hall–Kier alpha value is -1.11. The Morgan fingerprint density at radius 1 is 1.35 bits per heavy atom. The minimum atomic E-state index is 0.663. The van der Waals surface area contributed by atoms with Gasteiger partial charge in [-0.05, 0) is 12.5 Å². The lowest BCUT2D eigenvalue weighted by Gasteiger charge is -2.01. The first-order valence-electron chi connectivity index (χ1n) is 5.20. The Kier molecular flexibility index (Phi) is 4.36. The molecule has 2 rings (SSSR count). The Balaban J connectivity index is 1.83. The van der Waals surface area contributed by atoms with Gasteiger partial charge in [-0.15, -0.1) is 22.0 Å². The predicted octanol–water partition coefficient (Wildman–Crippen LogP) is 2.57. The number of anilines is 1. The van der Waals surface area contributed by atoms with E-state index in [-0.39, 0.29) is 0 Å². The second-order valence-corrected chi connectivity index (χ2v) is 5.67. The molecule has 0 saturated heterocycles. The van der Waals surface area contributed by atoms with Crippen molar-refractivity contribution < 1.29 is 0 Å². The standard InChI is InChI=1S/C11H14N4S2/c1-8-3-2-4-9(5-8)6-16-7-10-14-15-11(13-12)17-10/h2-5H,6-7,12H2,1H3,(H,13,15). The number of hydrazine groups is 1. The van der Waals surface area contributed by atoms with Crippen molar-refractivity contribution in [3.63, 3.8) is 0 Å². The first kappa shape index (κ1) is 12.3. The highest BCUT2D eigenvalue weighted by molar-refractivity contribution is 7.97. The molecule has 90 valence electrons. The number of nitrogen functional groups attached to an aromatic ring is 1. The molecule has 0 aliphatic carbocycles. The monoisotopic (exact) mass is 266 g/mol. The van der Waals surface area contributed by atoms with Gasteiger partial charge in [-0.1, -0.05) is 41.2 Å². The van der Waals surface area contributed by atoms with Crippen molar-refractivity contribution >= 4 is 28.2 Å². The summed E-state index contributed by atoms with van der Waals surface area (Å²) in [6, 6.07) is 8.55. The summed E-state index contributed by atoms with van der Waals surface area (Å²) in [6.45, 7) is 2.11. The van der Waals surface area contributed by atoms with E-state index in [1.165, 1.54) is 22.5 Å². The first-order valence-corrected chi connectivity index (χ1v) is 7.17. The van der Waals surface area contributed by atoms with Gasteiger partial charge in [0, 0.05) is 11.5 Å². The van der Waals surface area contributed by atoms with Gasteiger partial charge in [0.2, 0.25) is 5.13 Å². The Bertz CT molecular complexity index is 484. The number of hydrogen-bond donors (Lipinski definition) is 2. The highest BCUT2D eigenvalue weighted by Gasteiger charge is 2.02. The number of thioether (sulfide) groups is 1. The highest BCUT2D eigenvalue weighted by atomic mass is 32.2. The molecule has 1 heterocycles. The summed E-state index contributed by atoms with van der Waals surface area (Å²) >= 11 is 3.32. The maximum Gasteiger partial charge on any atom is 0.219 e. The average Bonchev–Trinajstić information content (AvgIpc) is 2.77. The molecule has 1 aromatic carbocycles. The number of aryl methyl sites for hydroxylation is 1. The van der Waals surface area contributed by atoms with E-state index in [1.807, 2.05) is 11.8 Å². The van der Waals surface area contributed by atoms with Crippen LogP contribution in [0, 0.1) is 6.92 Å². The fraction of sp³-hybridized carbons (Fsp3) is 0.273. The normalized spacial score (nSPS) is 10.5. The molecule has 0 amide bonds. The van der Waals surface area contributed by atoms with Crippen LogP contribution in [0.4, 0.5) is 5.13 Å². The smallest absolute Gasteiger partial charge is 0.219 e. The molecule has 1 aromatic heterocycles. The molecule has 3 N–H and O–H groups in total. The van der Waals surface area contributed by atoms with E-state index < -0.39 is 0 Å². The molecule has 0 unspecified atom stereocenters. The van der Waals surface area contributed by atoms with Gasteiger partial charge in [-0.2, -0.15) is 0 Å².